The minimum absolute atomic E-state index is 0.159. The number of ether oxygens (including phenoxy) is 1. The second-order valence-electron chi connectivity index (χ2n) is 8.49. The van der Waals surface area contributed by atoms with Crippen molar-refractivity contribution in [1.82, 2.24) is 9.13 Å². The second kappa shape index (κ2) is 9.46. The zero-order valence-corrected chi connectivity index (χ0v) is 20.5. The predicted molar refractivity (Wildman–Crippen MR) is 133 cm³/mol. The molecule has 0 spiro atoms. The van der Waals surface area contributed by atoms with Crippen LogP contribution in [0.25, 0.3) is 11.0 Å². The molecule has 0 radical (unpaired) electrons. The largest absolute Gasteiger partial charge is 0.466 e. The summed E-state index contributed by atoms with van der Waals surface area (Å²) in [5.74, 6) is -0.572. The molecule has 0 unspecified atom stereocenters. The average molecular weight is 485 g/mol. The molecule has 0 aliphatic carbocycles. The van der Waals surface area contributed by atoms with E-state index in [-0.39, 0.29) is 17.8 Å². The van der Waals surface area contributed by atoms with Crippen LogP contribution in [0, 0.1) is 12.8 Å². The van der Waals surface area contributed by atoms with Crippen LogP contribution in [0.2, 0.25) is 0 Å². The molecule has 1 aromatic carbocycles. The van der Waals surface area contributed by atoms with Crippen molar-refractivity contribution in [3.05, 3.63) is 54.7 Å². The van der Waals surface area contributed by atoms with Gasteiger partial charge in [-0.05, 0) is 55.8 Å². The van der Waals surface area contributed by atoms with Gasteiger partial charge in [0.15, 0.2) is 0 Å². The van der Waals surface area contributed by atoms with Crippen LogP contribution in [0.15, 0.2) is 33.2 Å². The van der Waals surface area contributed by atoms with E-state index in [0.717, 1.165) is 11.3 Å². The lowest BCUT2D eigenvalue weighted by atomic mass is 9.96. The van der Waals surface area contributed by atoms with Gasteiger partial charge in [-0.2, -0.15) is 0 Å². The molecule has 0 atom stereocenters. The highest BCUT2D eigenvalue weighted by Gasteiger charge is 2.28. The van der Waals surface area contributed by atoms with Crippen molar-refractivity contribution in [3.63, 3.8) is 0 Å². The van der Waals surface area contributed by atoms with Gasteiger partial charge in [0.05, 0.1) is 39.8 Å². The van der Waals surface area contributed by atoms with Gasteiger partial charge in [-0.25, -0.2) is 0 Å². The summed E-state index contributed by atoms with van der Waals surface area (Å²) in [7, 11) is 3.11. The van der Waals surface area contributed by atoms with Gasteiger partial charge in [0.2, 0.25) is 0 Å². The van der Waals surface area contributed by atoms with E-state index in [1.807, 2.05) is 24.4 Å². The fraction of sp³-hybridized carbons (Fsp3) is 0.417. The number of thiophene rings is 1. The molecule has 3 aromatic rings. The molecule has 0 saturated carbocycles. The number of piperidine rings is 1. The zero-order chi connectivity index (χ0) is 24.6. The Balaban J connectivity index is 1.77. The second-order valence-corrected chi connectivity index (χ2v) is 9.40. The Morgan fingerprint density at radius 3 is 2.26 bits per heavy atom. The summed E-state index contributed by atoms with van der Waals surface area (Å²) in [4.78, 5) is 52.8. The van der Waals surface area contributed by atoms with Crippen molar-refractivity contribution in [3.8, 4) is 0 Å². The Labute approximate surface area is 200 Å². The van der Waals surface area contributed by atoms with Crippen LogP contribution in [-0.4, -0.2) is 40.7 Å². The number of anilines is 2. The molecule has 1 N–H and O–H groups in total. The maximum atomic E-state index is 13.0. The number of nitrogens with one attached hydrogen (secondary N) is 1. The first kappa shape index (κ1) is 23.7. The first-order chi connectivity index (χ1) is 16.2. The average Bonchev–Trinajstić information content (AvgIpc) is 3.27. The Hall–Kier alpha value is -3.40. The Kier molecular flexibility index (Phi) is 6.60. The smallest absolute Gasteiger partial charge is 0.316 e. The number of fused-ring (bicyclic) bond motifs is 1. The van der Waals surface area contributed by atoms with Crippen LogP contribution in [0.4, 0.5) is 11.4 Å². The van der Waals surface area contributed by atoms with Crippen molar-refractivity contribution in [1.29, 1.82) is 0 Å². The molecule has 3 heterocycles. The summed E-state index contributed by atoms with van der Waals surface area (Å²) < 4.78 is 7.82. The van der Waals surface area contributed by atoms with Crippen molar-refractivity contribution in [2.24, 2.45) is 20.0 Å². The first-order valence-electron chi connectivity index (χ1n) is 11.2. The lowest BCUT2D eigenvalue weighted by molar-refractivity contribution is -0.148. The van der Waals surface area contributed by atoms with Crippen molar-refractivity contribution >= 4 is 45.6 Å². The maximum absolute atomic E-state index is 13.0. The SMILES string of the molecule is CCOC(=O)C1CCN(c2cc3c(cc2NC(=O)c2sccc2C)n(C)c(=O)c(=O)n3C)CC1. The number of hydrogen-bond acceptors (Lipinski definition) is 7. The third kappa shape index (κ3) is 4.25. The van der Waals surface area contributed by atoms with E-state index < -0.39 is 11.1 Å². The van der Waals surface area contributed by atoms with Crippen LogP contribution in [-0.2, 0) is 23.6 Å². The Morgan fingerprint density at radius 1 is 1.09 bits per heavy atom. The molecule has 1 amide bonds. The van der Waals surface area contributed by atoms with Crippen molar-refractivity contribution in [2.45, 2.75) is 26.7 Å². The molecular formula is C24H28N4O5S. The summed E-state index contributed by atoms with van der Waals surface area (Å²) in [6.45, 7) is 5.22. The lowest BCUT2D eigenvalue weighted by Gasteiger charge is -2.34. The summed E-state index contributed by atoms with van der Waals surface area (Å²) in [6.07, 6.45) is 1.25. The molecule has 180 valence electrons. The highest BCUT2D eigenvalue weighted by Crippen LogP contribution is 2.34. The van der Waals surface area contributed by atoms with E-state index in [4.69, 9.17) is 4.74 Å². The number of aryl methyl sites for hydroxylation is 3. The normalized spacial score (nSPS) is 14.4. The van der Waals surface area contributed by atoms with E-state index in [0.29, 0.717) is 54.1 Å². The number of nitrogens with zero attached hydrogens (tertiary/aromatic N) is 3. The van der Waals surface area contributed by atoms with Gasteiger partial charge >= 0.3 is 17.1 Å². The van der Waals surface area contributed by atoms with Gasteiger partial charge < -0.3 is 24.1 Å². The fourth-order valence-electron chi connectivity index (χ4n) is 4.37. The highest BCUT2D eigenvalue weighted by atomic mass is 32.1. The molecule has 0 bridgehead atoms. The van der Waals surface area contributed by atoms with Crippen molar-refractivity contribution in [2.75, 3.05) is 29.9 Å². The quantitative estimate of drug-likeness (QED) is 0.441. The number of carbonyl (C=O) groups excluding carboxylic acids is 2. The van der Waals surface area contributed by atoms with Gasteiger partial charge in [0, 0.05) is 27.2 Å². The Bertz CT molecular complexity index is 1380. The monoisotopic (exact) mass is 484 g/mol. The summed E-state index contributed by atoms with van der Waals surface area (Å²) >= 11 is 1.36. The molecule has 9 nitrogen and oxygen atoms in total. The predicted octanol–water partition coefficient (Wildman–Crippen LogP) is 2.64. The fourth-order valence-corrected chi connectivity index (χ4v) is 5.19. The zero-order valence-electron chi connectivity index (χ0n) is 19.7. The van der Waals surface area contributed by atoms with E-state index in [9.17, 15) is 19.2 Å². The van der Waals surface area contributed by atoms with Crippen LogP contribution in [0.3, 0.4) is 0 Å². The standard InChI is InChI=1S/C24H28N4O5S/c1-5-33-24(32)15-6-9-28(10-7-15)17-13-19-18(26(3)22(30)23(31)27(19)4)12-16(17)25-21(29)20-14(2)8-11-34-20/h8,11-13,15H,5-7,9-10H2,1-4H3,(H,25,29). The molecule has 4 rings (SSSR count). The summed E-state index contributed by atoms with van der Waals surface area (Å²) in [5.41, 5.74) is 2.04. The van der Waals surface area contributed by atoms with Gasteiger partial charge in [0.25, 0.3) is 5.91 Å². The van der Waals surface area contributed by atoms with Crippen LogP contribution in [0.1, 0.15) is 35.0 Å². The molecule has 10 heteroatoms. The lowest BCUT2D eigenvalue weighted by Crippen LogP contribution is -2.40. The van der Waals surface area contributed by atoms with E-state index >= 15 is 0 Å². The van der Waals surface area contributed by atoms with Crippen LogP contribution in [0.5, 0.6) is 0 Å². The summed E-state index contributed by atoms with van der Waals surface area (Å²) in [5, 5.41) is 4.88. The molecule has 2 aromatic heterocycles. The molecule has 1 saturated heterocycles. The Morgan fingerprint density at radius 2 is 1.71 bits per heavy atom. The number of amides is 1. The molecule has 1 aliphatic rings. The summed E-state index contributed by atoms with van der Waals surface area (Å²) in [6, 6.07) is 5.46. The number of rotatable bonds is 5. The minimum Gasteiger partial charge on any atom is -0.466 e. The molecule has 1 aliphatic heterocycles. The number of esters is 1. The highest BCUT2D eigenvalue weighted by molar-refractivity contribution is 7.12. The van der Waals surface area contributed by atoms with E-state index in [1.165, 1.54) is 20.5 Å². The maximum Gasteiger partial charge on any atom is 0.316 e. The number of carbonyl (C=O) groups is 2. The van der Waals surface area contributed by atoms with Gasteiger partial charge in [-0.15, -0.1) is 11.3 Å². The topological polar surface area (TPSA) is 103 Å². The molecule has 34 heavy (non-hydrogen) atoms. The molecule has 1 fully saturated rings. The minimum atomic E-state index is -0.635. The van der Waals surface area contributed by atoms with Gasteiger partial charge in [-0.3, -0.25) is 19.2 Å². The number of aromatic nitrogens is 2. The van der Waals surface area contributed by atoms with Crippen LogP contribution >= 0.6 is 11.3 Å². The van der Waals surface area contributed by atoms with Gasteiger partial charge in [0.1, 0.15) is 0 Å². The van der Waals surface area contributed by atoms with Crippen LogP contribution < -0.4 is 21.3 Å². The van der Waals surface area contributed by atoms with E-state index in [2.05, 4.69) is 10.2 Å². The third-order valence-electron chi connectivity index (χ3n) is 6.38. The van der Waals surface area contributed by atoms with Gasteiger partial charge in [-0.1, -0.05) is 0 Å². The molecular weight excluding hydrogens is 456 g/mol. The third-order valence-corrected chi connectivity index (χ3v) is 7.40. The first-order valence-corrected chi connectivity index (χ1v) is 12.1. The van der Waals surface area contributed by atoms with Crippen molar-refractivity contribution < 1.29 is 14.3 Å². The number of hydrogen-bond donors (Lipinski definition) is 1. The number of benzene rings is 1. The van der Waals surface area contributed by atoms with E-state index in [1.54, 1.807) is 27.1 Å².